The first-order chi connectivity index (χ1) is 10.1. The summed E-state index contributed by atoms with van der Waals surface area (Å²) >= 11 is 11.8. The quantitative estimate of drug-likeness (QED) is 0.736. The second kappa shape index (κ2) is 5.79. The van der Waals surface area contributed by atoms with Crippen molar-refractivity contribution in [3.63, 3.8) is 0 Å². The summed E-state index contributed by atoms with van der Waals surface area (Å²) in [6, 6.07) is 11.2. The molecule has 0 spiro atoms. The van der Waals surface area contributed by atoms with E-state index in [2.05, 4.69) is 15.4 Å². The highest BCUT2D eigenvalue weighted by Crippen LogP contribution is 2.23. The van der Waals surface area contributed by atoms with Gasteiger partial charge < -0.3 is 0 Å². The minimum atomic E-state index is -0.304. The standard InChI is InChI=1S/C14H9Cl2FN4/c15-12-6-1-9(7-13(12)16)8-21-19-14(18-20-21)10-2-4-11(17)5-3-10/h1-7H,8H2. The van der Waals surface area contributed by atoms with Gasteiger partial charge in [0.25, 0.3) is 0 Å². The van der Waals surface area contributed by atoms with E-state index in [1.54, 1.807) is 24.3 Å². The van der Waals surface area contributed by atoms with Gasteiger partial charge in [0.2, 0.25) is 5.82 Å². The topological polar surface area (TPSA) is 43.6 Å². The predicted octanol–water partition coefficient (Wildman–Crippen LogP) is 3.83. The zero-order chi connectivity index (χ0) is 14.8. The average molecular weight is 323 g/mol. The molecule has 2 aromatic carbocycles. The molecule has 1 aromatic heterocycles. The third-order valence-electron chi connectivity index (χ3n) is 2.86. The van der Waals surface area contributed by atoms with E-state index in [1.165, 1.54) is 16.9 Å². The molecule has 0 saturated carbocycles. The van der Waals surface area contributed by atoms with Gasteiger partial charge in [-0.3, -0.25) is 0 Å². The summed E-state index contributed by atoms with van der Waals surface area (Å²) in [5.74, 6) is 0.136. The summed E-state index contributed by atoms with van der Waals surface area (Å²) in [5, 5.41) is 13.2. The van der Waals surface area contributed by atoms with Gasteiger partial charge in [0.15, 0.2) is 0 Å². The lowest BCUT2D eigenvalue weighted by Crippen LogP contribution is -2.04. The van der Waals surface area contributed by atoms with Gasteiger partial charge in [-0.15, -0.1) is 10.2 Å². The minimum absolute atomic E-state index is 0.304. The molecule has 106 valence electrons. The van der Waals surface area contributed by atoms with Gasteiger partial charge in [-0.05, 0) is 47.2 Å². The van der Waals surface area contributed by atoms with Crippen LogP contribution in [-0.4, -0.2) is 20.2 Å². The van der Waals surface area contributed by atoms with Crippen molar-refractivity contribution in [1.82, 2.24) is 20.2 Å². The van der Waals surface area contributed by atoms with Gasteiger partial charge in [-0.2, -0.15) is 4.80 Å². The van der Waals surface area contributed by atoms with Crippen LogP contribution in [0.15, 0.2) is 42.5 Å². The second-order valence-corrected chi connectivity index (χ2v) is 5.21. The molecule has 3 aromatic rings. The van der Waals surface area contributed by atoms with E-state index in [0.717, 1.165) is 5.56 Å². The lowest BCUT2D eigenvalue weighted by atomic mass is 10.2. The van der Waals surface area contributed by atoms with Gasteiger partial charge in [0.05, 0.1) is 16.6 Å². The Bertz CT molecular complexity index is 771. The summed E-state index contributed by atoms with van der Waals surface area (Å²) in [5.41, 5.74) is 1.62. The Morgan fingerprint density at radius 3 is 2.48 bits per heavy atom. The first kappa shape index (κ1) is 14.0. The highest BCUT2D eigenvalue weighted by molar-refractivity contribution is 6.42. The van der Waals surface area contributed by atoms with Gasteiger partial charge in [-0.1, -0.05) is 29.3 Å². The molecule has 7 heteroatoms. The first-order valence-electron chi connectivity index (χ1n) is 6.09. The molecule has 0 fully saturated rings. The van der Waals surface area contributed by atoms with Crippen LogP contribution in [-0.2, 0) is 6.54 Å². The second-order valence-electron chi connectivity index (χ2n) is 4.40. The third-order valence-corrected chi connectivity index (χ3v) is 3.60. The Morgan fingerprint density at radius 1 is 1.00 bits per heavy atom. The highest BCUT2D eigenvalue weighted by Gasteiger charge is 2.07. The lowest BCUT2D eigenvalue weighted by molar-refractivity contribution is 0.573. The smallest absolute Gasteiger partial charge is 0.204 e. The molecular weight excluding hydrogens is 314 g/mol. The van der Waals surface area contributed by atoms with E-state index >= 15 is 0 Å². The van der Waals surface area contributed by atoms with Crippen LogP contribution in [0.3, 0.4) is 0 Å². The number of rotatable bonds is 3. The van der Waals surface area contributed by atoms with Crippen LogP contribution in [0.1, 0.15) is 5.56 Å². The minimum Gasteiger partial charge on any atom is -0.207 e. The number of hydrogen-bond donors (Lipinski definition) is 0. The van der Waals surface area contributed by atoms with E-state index in [-0.39, 0.29) is 5.82 Å². The summed E-state index contributed by atoms with van der Waals surface area (Å²) in [6.45, 7) is 0.422. The predicted molar refractivity (Wildman–Crippen MR) is 78.8 cm³/mol. The Kier molecular flexibility index (Phi) is 3.86. The largest absolute Gasteiger partial charge is 0.207 e. The maximum absolute atomic E-state index is 12.9. The molecule has 0 amide bonds. The summed E-state index contributed by atoms with van der Waals surface area (Å²) in [6.07, 6.45) is 0. The summed E-state index contributed by atoms with van der Waals surface area (Å²) in [4.78, 5) is 1.44. The molecule has 0 radical (unpaired) electrons. The average Bonchev–Trinajstić information content (AvgIpc) is 2.92. The number of benzene rings is 2. The van der Waals surface area contributed by atoms with Crippen molar-refractivity contribution in [3.05, 3.63) is 63.9 Å². The molecule has 0 aliphatic carbocycles. The van der Waals surface area contributed by atoms with Crippen LogP contribution >= 0.6 is 23.2 Å². The molecule has 0 bridgehead atoms. The fraction of sp³-hybridized carbons (Fsp3) is 0.0714. The Balaban J connectivity index is 1.81. The van der Waals surface area contributed by atoms with Gasteiger partial charge in [0.1, 0.15) is 5.82 Å². The van der Waals surface area contributed by atoms with Crippen LogP contribution in [0, 0.1) is 5.82 Å². The van der Waals surface area contributed by atoms with Crippen LogP contribution in [0.25, 0.3) is 11.4 Å². The molecule has 0 atom stereocenters. The van der Waals surface area contributed by atoms with Crippen LogP contribution in [0.5, 0.6) is 0 Å². The van der Waals surface area contributed by atoms with Crippen molar-refractivity contribution in [2.75, 3.05) is 0 Å². The fourth-order valence-electron chi connectivity index (χ4n) is 1.83. The number of aromatic nitrogens is 4. The lowest BCUT2D eigenvalue weighted by Gasteiger charge is -2.01. The molecule has 0 aliphatic heterocycles. The van der Waals surface area contributed by atoms with E-state index in [1.807, 2.05) is 6.07 Å². The SMILES string of the molecule is Fc1ccc(-c2nnn(Cc3ccc(Cl)c(Cl)c3)n2)cc1. The van der Waals surface area contributed by atoms with Crippen molar-refractivity contribution in [2.45, 2.75) is 6.54 Å². The van der Waals surface area contributed by atoms with E-state index in [4.69, 9.17) is 23.2 Å². The fourth-order valence-corrected chi connectivity index (χ4v) is 2.15. The van der Waals surface area contributed by atoms with Gasteiger partial charge in [-0.25, -0.2) is 4.39 Å². The maximum atomic E-state index is 12.9. The van der Waals surface area contributed by atoms with E-state index < -0.39 is 0 Å². The summed E-state index contributed by atoms with van der Waals surface area (Å²) in [7, 11) is 0. The molecular formula is C14H9Cl2FN4. The van der Waals surface area contributed by atoms with Crippen molar-refractivity contribution in [2.24, 2.45) is 0 Å². The Hall–Kier alpha value is -1.98. The molecule has 1 heterocycles. The molecule has 0 unspecified atom stereocenters. The molecule has 4 nitrogen and oxygen atoms in total. The molecule has 0 aliphatic rings. The van der Waals surface area contributed by atoms with Crippen molar-refractivity contribution in [1.29, 1.82) is 0 Å². The third kappa shape index (κ3) is 3.20. The van der Waals surface area contributed by atoms with E-state index in [9.17, 15) is 4.39 Å². The number of tetrazole rings is 1. The monoisotopic (exact) mass is 322 g/mol. The zero-order valence-electron chi connectivity index (χ0n) is 10.7. The molecule has 0 N–H and O–H groups in total. The van der Waals surface area contributed by atoms with Crippen LogP contribution in [0.2, 0.25) is 10.0 Å². The van der Waals surface area contributed by atoms with Gasteiger partial charge >= 0.3 is 0 Å². The van der Waals surface area contributed by atoms with Crippen LogP contribution < -0.4 is 0 Å². The number of nitrogens with zero attached hydrogens (tertiary/aromatic N) is 4. The van der Waals surface area contributed by atoms with Crippen molar-refractivity contribution < 1.29 is 4.39 Å². The number of halogens is 3. The normalized spacial score (nSPS) is 10.8. The van der Waals surface area contributed by atoms with Crippen LogP contribution in [0.4, 0.5) is 4.39 Å². The van der Waals surface area contributed by atoms with Crippen molar-refractivity contribution in [3.8, 4) is 11.4 Å². The highest BCUT2D eigenvalue weighted by atomic mass is 35.5. The Morgan fingerprint density at radius 2 is 1.76 bits per heavy atom. The Labute approximate surface area is 130 Å². The zero-order valence-corrected chi connectivity index (χ0v) is 12.2. The van der Waals surface area contributed by atoms with E-state index in [0.29, 0.717) is 28.0 Å². The molecule has 21 heavy (non-hydrogen) atoms. The molecule has 3 rings (SSSR count). The number of hydrogen-bond acceptors (Lipinski definition) is 3. The van der Waals surface area contributed by atoms with Crippen molar-refractivity contribution >= 4 is 23.2 Å². The first-order valence-corrected chi connectivity index (χ1v) is 6.85. The van der Waals surface area contributed by atoms with Gasteiger partial charge in [0, 0.05) is 5.56 Å². The maximum Gasteiger partial charge on any atom is 0.204 e. The summed E-state index contributed by atoms with van der Waals surface area (Å²) < 4.78 is 12.9. The molecule has 0 saturated heterocycles.